The quantitative estimate of drug-likeness (QED) is 0.636. The van der Waals surface area contributed by atoms with Crippen molar-refractivity contribution in [1.82, 2.24) is 9.80 Å². The molecule has 2 aliphatic heterocycles. The van der Waals surface area contributed by atoms with Crippen molar-refractivity contribution in [1.29, 1.82) is 0 Å². The minimum Gasteiger partial charge on any atom is -0.493 e. The van der Waals surface area contributed by atoms with Gasteiger partial charge in [0.25, 0.3) is 5.91 Å². The summed E-state index contributed by atoms with van der Waals surface area (Å²) in [5.41, 5.74) is 2.88. The summed E-state index contributed by atoms with van der Waals surface area (Å²) in [4.78, 5) is 17.7. The molecule has 2 saturated carbocycles. The summed E-state index contributed by atoms with van der Waals surface area (Å²) in [6.07, 6.45) is 5.22. The summed E-state index contributed by atoms with van der Waals surface area (Å²) in [6.45, 7) is 4.03. The minimum absolute atomic E-state index is 0.0675. The van der Waals surface area contributed by atoms with Gasteiger partial charge in [0, 0.05) is 36.7 Å². The number of amides is 1. The molecule has 6 nitrogen and oxygen atoms in total. The maximum absolute atomic E-state index is 13.4. The molecule has 1 saturated heterocycles. The van der Waals surface area contributed by atoms with Crippen LogP contribution in [-0.4, -0.2) is 71.8 Å². The first-order chi connectivity index (χ1) is 18.4. The van der Waals surface area contributed by atoms with Crippen molar-refractivity contribution in [3.8, 4) is 23.3 Å². The lowest BCUT2D eigenvalue weighted by Crippen LogP contribution is -2.78. The van der Waals surface area contributed by atoms with Crippen molar-refractivity contribution in [3.63, 3.8) is 0 Å². The minimum atomic E-state index is -0.900. The molecule has 5 aliphatic rings. The molecule has 1 spiro atoms. The number of ether oxygens (including phenoxy) is 2. The Morgan fingerprint density at radius 1 is 1.24 bits per heavy atom. The first-order valence-electron chi connectivity index (χ1n) is 14.0. The summed E-state index contributed by atoms with van der Waals surface area (Å²) < 4.78 is 12.6. The zero-order valence-electron chi connectivity index (χ0n) is 22.5. The molecular formula is C32H36N2O4. The van der Waals surface area contributed by atoms with Crippen LogP contribution >= 0.6 is 0 Å². The number of hydrogen-bond donors (Lipinski definition) is 1. The fraction of sp³-hybridized carbons (Fsp3) is 0.531. The number of hydrogen-bond acceptors (Lipinski definition) is 5. The van der Waals surface area contributed by atoms with Crippen molar-refractivity contribution in [2.24, 2.45) is 5.92 Å². The van der Waals surface area contributed by atoms with Crippen LogP contribution < -0.4 is 9.47 Å². The molecule has 6 heteroatoms. The third kappa shape index (κ3) is 3.31. The van der Waals surface area contributed by atoms with E-state index in [9.17, 15) is 9.90 Å². The number of aryl methyl sites for hydroxylation is 1. The molecule has 198 valence electrons. The number of carbonyl (C=O) groups excluding carboxylic acids is 1. The number of likely N-dealkylation sites (tertiary alicyclic amines) is 1. The summed E-state index contributed by atoms with van der Waals surface area (Å²) in [5, 5.41) is 12.7. The Morgan fingerprint density at radius 3 is 2.84 bits per heavy atom. The molecule has 5 atom stereocenters. The topological polar surface area (TPSA) is 62.2 Å². The molecule has 0 aromatic heterocycles. The maximum atomic E-state index is 13.4. The molecule has 3 fully saturated rings. The molecule has 38 heavy (non-hydrogen) atoms. The molecule has 2 aromatic rings. The third-order valence-corrected chi connectivity index (χ3v) is 10.1. The van der Waals surface area contributed by atoms with Crippen LogP contribution in [0, 0.1) is 24.7 Å². The third-order valence-electron chi connectivity index (χ3n) is 10.1. The van der Waals surface area contributed by atoms with Crippen LogP contribution in [0.25, 0.3) is 0 Å². The fourth-order valence-electron chi connectivity index (χ4n) is 8.09. The van der Waals surface area contributed by atoms with Gasteiger partial charge in [-0.2, -0.15) is 0 Å². The van der Waals surface area contributed by atoms with Gasteiger partial charge in [-0.15, -0.1) is 0 Å². The molecule has 2 aromatic carbocycles. The number of aliphatic hydroxyl groups is 1. The van der Waals surface area contributed by atoms with Crippen LogP contribution in [0.5, 0.6) is 11.5 Å². The summed E-state index contributed by atoms with van der Waals surface area (Å²) in [5.74, 6) is 7.94. The van der Waals surface area contributed by atoms with Gasteiger partial charge in [0.05, 0.1) is 24.2 Å². The van der Waals surface area contributed by atoms with Crippen LogP contribution in [-0.2, 0) is 16.6 Å². The van der Waals surface area contributed by atoms with Gasteiger partial charge in [0.15, 0.2) is 11.5 Å². The number of rotatable bonds is 4. The van der Waals surface area contributed by atoms with Crippen LogP contribution in [0.4, 0.5) is 0 Å². The van der Waals surface area contributed by atoms with Crippen LogP contribution in [0.3, 0.4) is 0 Å². The molecule has 7 rings (SSSR count). The second kappa shape index (κ2) is 8.49. The van der Waals surface area contributed by atoms with E-state index in [0.717, 1.165) is 54.3 Å². The average Bonchev–Trinajstić information content (AvgIpc) is 3.66. The second-order valence-corrected chi connectivity index (χ2v) is 12.1. The SMILES string of the molecule is COc1ccc2c3c1O[C@H]1[C@H](N(C)C(=O)C#Cc4cccc(C)c4)CC[C@@]4(O)[C@@H](C2)N(CC2CC2)CC[C@]314. The van der Waals surface area contributed by atoms with Gasteiger partial charge in [-0.1, -0.05) is 24.1 Å². The van der Waals surface area contributed by atoms with Gasteiger partial charge in [0.2, 0.25) is 0 Å². The van der Waals surface area contributed by atoms with Crippen molar-refractivity contribution in [2.45, 2.75) is 74.7 Å². The largest absolute Gasteiger partial charge is 0.493 e. The van der Waals surface area contributed by atoms with E-state index >= 15 is 0 Å². The van der Waals surface area contributed by atoms with E-state index in [1.807, 2.05) is 44.3 Å². The lowest BCUT2D eigenvalue weighted by Gasteiger charge is -2.64. The Labute approximate surface area is 224 Å². The van der Waals surface area contributed by atoms with Crippen molar-refractivity contribution < 1.29 is 19.4 Å². The number of carbonyl (C=O) groups is 1. The molecule has 2 bridgehead atoms. The zero-order valence-corrected chi connectivity index (χ0v) is 22.5. The van der Waals surface area contributed by atoms with Gasteiger partial charge >= 0.3 is 0 Å². The fourth-order valence-corrected chi connectivity index (χ4v) is 8.09. The predicted octanol–water partition coefficient (Wildman–Crippen LogP) is 3.45. The van der Waals surface area contributed by atoms with E-state index in [4.69, 9.17) is 9.47 Å². The van der Waals surface area contributed by atoms with Crippen molar-refractivity contribution in [2.75, 3.05) is 27.2 Å². The molecule has 2 heterocycles. The van der Waals surface area contributed by atoms with Crippen LogP contribution in [0.2, 0.25) is 0 Å². The smallest absolute Gasteiger partial charge is 0.298 e. The molecule has 3 aliphatic carbocycles. The molecule has 0 radical (unpaired) electrons. The average molecular weight is 513 g/mol. The Bertz CT molecular complexity index is 1370. The first-order valence-corrected chi connectivity index (χ1v) is 14.0. The van der Waals surface area contributed by atoms with Crippen LogP contribution in [0.1, 0.15) is 54.4 Å². The molecular weight excluding hydrogens is 476 g/mol. The lowest BCUT2D eigenvalue weighted by atomic mass is 9.48. The molecule has 1 amide bonds. The summed E-state index contributed by atoms with van der Waals surface area (Å²) >= 11 is 0. The van der Waals surface area contributed by atoms with Crippen LogP contribution in [0.15, 0.2) is 36.4 Å². The Morgan fingerprint density at radius 2 is 2.08 bits per heavy atom. The monoisotopic (exact) mass is 512 g/mol. The Hall–Kier alpha value is -3.01. The van der Waals surface area contributed by atoms with E-state index in [0.29, 0.717) is 18.6 Å². The maximum Gasteiger partial charge on any atom is 0.298 e. The molecule has 1 N–H and O–H groups in total. The first kappa shape index (κ1) is 24.1. The van der Waals surface area contributed by atoms with Gasteiger partial charge in [0.1, 0.15) is 6.10 Å². The number of piperidine rings is 1. The van der Waals surface area contributed by atoms with E-state index in [1.165, 1.54) is 18.4 Å². The van der Waals surface area contributed by atoms with Crippen molar-refractivity contribution >= 4 is 5.91 Å². The normalized spacial score (nSPS) is 32.5. The summed E-state index contributed by atoms with van der Waals surface area (Å²) in [7, 11) is 3.51. The summed E-state index contributed by atoms with van der Waals surface area (Å²) in [6, 6.07) is 11.9. The van der Waals surface area contributed by atoms with E-state index in [1.54, 1.807) is 12.0 Å². The number of methoxy groups -OCH3 is 1. The van der Waals surface area contributed by atoms with E-state index < -0.39 is 11.0 Å². The Kier molecular flexibility index (Phi) is 5.38. The van der Waals surface area contributed by atoms with Gasteiger partial charge in [-0.05, 0) is 87.2 Å². The zero-order chi connectivity index (χ0) is 26.2. The highest BCUT2D eigenvalue weighted by Gasteiger charge is 2.73. The lowest BCUT2D eigenvalue weighted by molar-refractivity contribution is -0.199. The van der Waals surface area contributed by atoms with Gasteiger partial charge in [-0.3, -0.25) is 9.69 Å². The number of nitrogens with zero attached hydrogens (tertiary/aromatic N) is 2. The highest BCUT2D eigenvalue weighted by atomic mass is 16.5. The van der Waals surface area contributed by atoms with Crippen molar-refractivity contribution in [3.05, 3.63) is 58.7 Å². The standard InChI is InChI=1S/C32H36N2O4/c1-20-5-4-6-21(17-20)9-12-27(35)33(2)24-13-14-32(36)26-18-23-10-11-25(37-3)29-28(23)31(32,30(24)38-29)15-16-34(26)19-22-7-8-22/h4-6,10-11,17,22,24,26,30,36H,7-8,13-16,18-19H2,1-3H3/t24-,26-,30+,31+,32-/m1/s1. The number of likely N-dealkylation sites (N-methyl/N-ethyl adjacent to an activating group) is 1. The van der Waals surface area contributed by atoms with Gasteiger partial charge in [-0.25, -0.2) is 0 Å². The Balaban J connectivity index is 1.27. The predicted molar refractivity (Wildman–Crippen MR) is 144 cm³/mol. The van der Waals surface area contributed by atoms with E-state index in [2.05, 4.69) is 22.8 Å². The molecule has 0 unspecified atom stereocenters. The highest BCUT2D eigenvalue weighted by molar-refractivity contribution is 5.94. The number of benzene rings is 2. The highest BCUT2D eigenvalue weighted by Crippen LogP contribution is 2.66. The second-order valence-electron chi connectivity index (χ2n) is 12.1. The van der Waals surface area contributed by atoms with E-state index in [-0.39, 0.29) is 24.1 Å². The van der Waals surface area contributed by atoms with Gasteiger partial charge < -0.3 is 19.5 Å².